The molecule has 0 spiro atoms. The van der Waals surface area contributed by atoms with Crippen LogP contribution in [0.15, 0.2) is 115 Å². The van der Waals surface area contributed by atoms with Gasteiger partial charge >= 0.3 is 8.32 Å². The van der Waals surface area contributed by atoms with Gasteiger partial charge in [-0.2, -0.15) is 0 Å². The van der Waals surface area contributed by atoms with E-state index in [1.54, 1.807) is 12.1 Å². The van der Waals surface area contributed by atoms with Crippen molar-refractivity contribution >= 4 is 41.3 Å². The first-order valence-electron chi connectivity index (χ1n) is 15.7. The van der Waals surface area contributed by atoms with Crippen molar-refractivity contribution in [2.75, 3.05) is 6.54 Å². The third-order valence-corrected chi connectivity index (χ3v) is 13.6. The highest BCUT2D eigenvalue weighted by Gasteiger charge is 2.52. The van der Waals surface area contributed by atoms with Gasteiger partial charge in [-0.3, -0.25) is 14.5 Å². The Labute approximate surface area is 266 Å². The van der Waals surface area contributed by atoms with E-state index in [4.69, 9.17) is 9.16 Å². The standard InChI is InChI=1S/C39H39NO4Si/c1-5-6-26-40-37(41)33-19-13-18-32-35(25-24-34(36(32)33)38(40)42)43-27-28-20-22-29(23-21-28)44-45(39(2,3)4,30-14-9-7-10-15-30)31-16-11-8-12-17-31/h7-25H,5-6,26-27H2,1-4H3. The molecule has 1 heterocycles. The molecule has 0 unspecified atom stereocenters. The number of carbonyl (C=O) groups excluding carboxylic acids is 2. The molecule has 2 amide bonds. The lowest BCUT2D eigenvalue weighted by molar-refractivity contribution is 0.0608. The second kappa shape index (κ2) is 12.4. The Balaban J connectivity index is 1.26. The van der Waals surface area contributed by atoms with Gasteiger partial charge in [0.2, 0.25) is 0 Å². The van der Waals surface area contributed by atoms with Crippen molar-refractivity contribution < 1.29 is 18.8 Å². The van der Waals surface area contributed by atoms with Crippen molar-refractivity contribution in [1.82, 2.24) is 4.90 Å². The van der Waals surface area contributed by atoms with Gasteiger partial charge < -0.3 is 9.16 Å². The lowest BCUT2D eigenvalue weighted by Gasteiger charge is -2.43. The Morgan fingerprint density at radius 3 is 1.87 bits per heavy atom. The summed E-state index contributed by atoms with van der Waals surface area (Å²) in [4.78, 5) is 27.9. The van der Waals surface area contributed by atoms with Crippen LogP contribution in [0.4, 0.5) is 0 Å². The lowest BCUT2D eigenvalue weighted by atomic mass is 9.93. The van der Waals surface area contributed by atoms with Gasteiger partial charge in [-0.15, -0.1) is 0 Å². The van der Waals surface area contributed by atoms with Crippen molar-refractivity contribution in [3.63, 3.8) is 0 Å². The van der Waals surface area contributed by atoms with E-state index in [0.717, 1.165) is 29.5 Å². The van der Waals surface area contributed by atoms with Gasteiger partial charge in [0.25, 0.3) is 11.8 Å². The topological polar surface area (TPSA) is 55.8 Å². The van der Waals surface area contributed by atoms with Crippen LogP contribution >= 0.6 is 0 Å². The summed E-state index contributed by atoms with van der Waals surface area (Å²) in [5, 5.41) is 3.76. The molecule has 0 atom stereocenters. The van der Waals surface area contributed by atoms with E-state index < -0.39 is 8.32 Å². The maximum Gasteiger partial charge on any atom is 0.319 e. The molecule has 0 aromatic heterocycles. The fraction of sp³-hybridized carbons (Fsp3) is 0.231. The predicted molar refractivity (Wildman–Crippen MR) is 183 cm³/mol. The summed E-state index contributed by atoms with van der Waals surface area (Å²) in [6.07, 6.45) is 1.69. The van der Waals surface area contributed by atoms with Crippen LogP contribution in [0.1, 0.15) is 66.8 Å². The van der Waals surface area contributed by atoms with E-state index in [1.165, 1.54) is 15.3 Å². The molecule has 5 aromatic carbocycles. The zero-order chi connectivity index (χ0) is 31.6. The first kappa shape index (κ1) is 30.3. The van der Waals surface area contributed by atoms with Crippen molar-refractivity contribution in [3.05, 3.63) is 132 Å². The summed E-state index contributed by atoms with van der Waals surface area (Å²) >= 11 is 0. The molecule has 5 aromatic rings. The van der Waals surface area contributed by atoms with E-state index in [0.29, 0.717) is 35.4 Å². The summed E-state index contributed by atoms with van der Waals surface area (Å²) in [5.41, 5.74) is 2.09. The molecule has 0 bridgehead atoms. The minimum Gasteiger partial charge on any atom is -0.534 e. The smallest absolute Gasteiger partial charge is 0.319 e. The van der Waals surface area contributed by atoms with Crippen molar-refractivity contribution in [1.29, 1.82) is 0 Å². The van der Waals surface area contributed by atoms with Crippen molar-refractivity contribution in [2.45, 2.75) is 52.2 Å². The van der Waals surface area contributed by atoms with E-state index in [1.807, 2.05) is 61.5 Å². The third kappa shape index (κ3) is 5.55. The highest BCUT2D eigenvalue weighted by Crippen LogP contribution is 2.38. The van der Waals surface area contributed by atoms with Gasteiger partial charge in [-0.1, -0.05) is 119 Å². The Bertz CT molecular complexity index is 1770. The highest BCUT2D eigenvalue weighted by atomic mass is 28.4. The van der Waals surface area contributed by atoms with Crippen LogP contribution in [-0.2, 0) is 6.61 Å². The van der Waals surface area contributed by atoms with Crippen LogP contribution in [-0.4, -0.2) is 31.6 Å². The number of ether oxygens (including phenoxy) is 1. The molecule has 5 nitrogen and oxygen atoms in total. The molecule has 0 aliphatic carbocycles. The number of imide groups is 1. The Morgan fingerprint density at radius 1 is 0.689 bits per heavy atom. The number of hydrogen-bond donors (Lipinski definition) is 0. The summed E-state index contributed by atoms with van der Waals surface area (Å²) < 4.78 is 13.5. The Morgan fingerprint density at radius 2 is 1.29 bits per heavy atom. The lowest BCUT2D eigenvalue weighted by Crippen LogP contribution is -2.68. The summed E-state index contributed by atoms with van der Waals surface area (Å²) in [5.74, 6) is 0.991. The Hall–Kier alpha value is -4.68. The normalized spacial score (nSPS) is 13.3. The third-order valence-electron chi connectivity index (χ3n) is 8.69. The minimum atomic E-state index is -2.73. The number of nitrogens with zero attached hydrogens (tertiary/aromatic N) is 1. The number of unbranched alkanes of at least 4 members (excludes halogenated alkanes) is 1. The van der Waals surface area contributed by atoms with E-state index in [-0.39, 0.29) is 16.9 Å². The molecule has 0 radical (unpaired) electrons. The molecular formula is C39H39NO4Si. The number of hydrogen-bond acceptors (Lipinski definition) is 4. The second-order valence-electron chi connectivity index (χ2n) is 12.7. The monoisotopic (exact) mass is 613 g/mol. The summed E-state index contributed by atoms with van der Waals surface area (Å²) in [6.45, 7) is 9.62. The van der Waals surface area contributed by atoms with Crippen LogP contribution in [0.5, 0.6) is 11.5 Å². The summed E-state index contributed by atoms with van der Waals surface area (Å²) in [7, 11) is -2.73. The average Bonchev–Trinajstić information content (AvgIpc) is 3.06. The minimum absolute atomic E-state index is 0.137. The molecular weight excluding hydrogens is 575 g/mol. The molecule has 0 N–H and O–H groups in total. The molecule has 0 saturated carbocycles. The second-order valence-corrected chi connectivity index (χ2v) is 16.9. The van der Waals surface area contributed by atoms with E-state index in [2.05, 4.69) is 69.3 Å². The zero-order valence-electron chi connectivity index (χ0n) is 26.4. The molecule has 0 fully saturated rings. The quantitative estimate of drug-likeness (QED) is 0.119. The number of amides is 2. The molecule has 6 rings (SSSR count). The first-order chi connectivity index (χ1) is 21.7. The van der Waals surface area contributed by atoms with Crippen LogP contribution in [0, 0.1) is 0 Å². The number of carbonyl (C=O) groups is 2. The van der Waals surface area contributed by atoms with Gasteiger partial charge in [0, 0.05) is 28.4 Å². The maximum absolute atomic E-state index is 13.2. The van der Waals surface area contributed by atoms with Crippen molar-refractivity contribution in [3.8, 4) is 11.5 Å². The molecule has 1 aliphatic heterocycles. The average molecular weight is 614 g/mol. The molecule has 6 heteroatoms. The molecule has 0 saturated heterocycles. The number of rotatable bonds is 10. The van der Waals surface area contributed by atoms with Crippen LogP contribution in [0.3, 0.4) is 0 Å². The van der Waals surface area contributed by atoms with Crippen LogP contribution in [0.25, 0.3) is 10.8 Å². The predicted octanol–water partition coefficient (Wildman–Crippen LogP) is 7.75. The maximum atomic E-state index is 13.2. The van der Waals surface area contributed by atoms with Crippen LogP contribution < -0.4 is 19.5 Å². The fourth-order valence-corrected chi connectivity index (χ4v) is 10.8. The molecule has 228 valence electrons. The molecule has 1 aliphatic rings. The van der Waals surface area contributed by atoms with Crippen molar-refractivity contribution in [2.24, 2.45) is 0 Å². The fourth-order valence-electron chi connectivity index (χ4n) is 6.41. The highest BCUT2D eigenvalue weighted by molar-refractivity contribution is 7.00. The summed E-state index contributed by atoms with van der Waals surface area (Å²) in [6, 6.07) is 38.5. The van der Waals surface area contributed by atoms with Gasteiger partial charge in [0.1, 0.15) is 18.1 Å². The first-order valence-corrected chi connectivity index (χ1v) is 17.6. The van der Waals surface area contributed by atoms with Gasteiger partial charge in [0.15, 0.2) is 0 Å². The van der Waals surface area contributed by atoms with Gasteiger partial charge in [-0.05, 0) is 57.7 Å². The van der Waals surface area contributed by atoms with Crippen LogP contribution in [0.2, 0.25) is 5.04 Å². The number of benzene rings is 5. The largest absolute Gasteiger partial charge is 0.534 e. The SMILES string of the molecule is CCCCN1C(=O)c2cccc3c(OCc4ccc(O[Si](c5ccccc5)(c5ccccc5)C(C)(C)C)cc4)ccc(c23)C1=O. The zero-order valence-corrected chi connectivity index (χ0v) is 27.4. The molecule has 45 heavy (non-hydrogen) atoms. The van der Waals surface area contributed by atoms with Gasteiger partial charge in [0.05, 0.1) is 0 Å². The Kier molecular flexibility index (Phi) is 8.34. The van der Waals surface area contributed by atoms with Gasteiger partial charge in [-0.25, -0.2) is 0 Å². The van der Waals surface area contributed by atoms with E-state index in [9.17, 15) is 9.59 Å². The van der Waals surface area contributed by atoms with E-state index >= 15 is 0 Å².